The van der Waals surface area contributed by atoms with Crippen molar-refractivity contribution < 1.29 is 19.2 Å². The van der Waals surface area contributed by atoms with Crippen LogP contribution < -0.4 is 4.90 Å². The van der Waals surface area contributed by atoms with E-state index >= 15 is 0 Å². The summed E-state index contributed by atoms with van der Waals surface area (Å²) in [6, 6.07) is 4.32. The fourth-order valence-electron chi connectivity index (χ4n) is 2.13. The second-order valence-electron chi connectivity index (χ2n) is 4.41. The Morgan fingerprint density at radius 2 is 2.29 bits per heavy atom. The number of anilines is 1. The van der Waals surface area contributed by atoms with Gasteiger partial charge in [0, 0.05) is 30.4 Å². The van der Waals surface area contributed by atoms with Gasteiger partial charge in [0.2, 0.25) is 5.91 Å². The molecule has 0 unspecified atom stereocenters. The van der Waals surface area contributed by atoms with Crippen LogP contribution in [0.5, 0.6) is 0 Å². The van der Waals surface area contributed by atoms with E-state index in [0.29, 0.717) is 11.3 Å². The predicted octanol–water partition coefficient (Wildman–Crippen LogP) is 1.60. The molecule has 0 saturated carbocycles. The highest BCUT2D eigenvalue weighted by atomic mass is 16.6. The summed E-state index contributed by atoms with van der Waals surface area (Å²) in [5, 5.41) is 10.7. The van der Waals surface area contributed by atoms with Crippen LogP contribution >= 0.6 is 0 Å². The van der Waals surface area contributed by atoms with Crippen LogP contribution in [-0.4, -0.2) is 30.0 Å². The van der Waals surface area contributed by atoms with Crippen molar-refractivity contribution in [1.29, 1.82) is 0 Å². The monoisotopic (exact) mass is 290 g/mol. The number of hydrogen-bond donors (Lipinski definition) is 0. The van der Waals surface area contributed by atoms with E-state index in [2.05, 4.69) is 0 Å². The molecule has 2 rings (SSSR count). The maximum atomic E-state index is 11.9. The zero-order chi connectivity index (χ0) is 15.4. The molecule has 0 atom stereocenters. The van der Waals surface area contributed by atoms with Gasteiger partial charge >= 0.3 is 5.97 Å². The minimum atomic E-state index is -0.492. The molecular formula is C14H14N2O5. The predicted molar refractivity (Wildman–Crippen MR) is 74.9 cm³/mol. The van der Waals surface area contributed by atoms with Crippen molar-refractivity contribution in [3.05, 3.63) is 46.0 Å². The van der Waals surface area contributed by atoms with Gasteiger partial charge in [0.25, 0.3) is 5.69 Å². The van der Waals surface area contributed by atoms with Gasteiger partial charge < -0.3 is 9.64 Å². The van der Waals surface area contributed by atoms with Crippen LogP contribution in [0.4, 0.5) is 11.4 Å². The maximum absolute atomic E-state index is 11.9. The molecule has 0 fully saturated rings. The molecule has 0 radical (unpaired) electrons. The summed E-state index contributed by atoms with van der Waals surface area (Å²) < 4.78 is 4.74. The molecule has 1 aromatic carbocycles. The number of nitro benzene ring substituents is 1. The topological polar surface area (TPSA) is 89.8 Å². The van der Waals surface area contributed by atoms with Crippen molar-refractivity contribution in [2.24, 2.45) is 0 Å². The molecule has 0 bridgehead atoms. The van der Waals surface area contributed by atoms with Crippen LogP contribution in [-0.2, 0) is 20.7 Å². The fourth-order valence-corrected chi connectivity index (χ4v) is 2.13. The molecule has 7 nitrogen and oxygen atoms in total. The molecule has 0 aromatic heterocycles. The molecule has 0 spiro atoms. The maximum Gasteiger partial charge on any atom is 0.330 e. The van der Waals surface area contributed by atoms with Gasteiger partial charge in [-0.3, -0.25) is 14.9 Å². The van der Waals surface area contributed by atoms with Gasteiger partial charge in [-0.05, 0) is 18.6 Å². The van der Waals surface area contributed by atoms with Crippen molar-refractivity contribution in [3.63, 3.8) is 0 Å². The first-order chi connectivity index (χ1) is 10.0. The van der Waals surface area contributed by atoms with Crippen LogP contribution in [0.2, 0.25) is 0 Å². The van der Waals surface area contributed by atoms with Gasteiger partial charge in [-0.1, -0.05) is 6.08 Å². The van der Waals surface area contributed by atoms with E-state index in [1.807, 2.05) is 0 Å². The Kier molecular flexibility index (Phi) is 4.32. The molecule has 21 heavy (non-hydrogen) atoms. The van der Waals surface area contributed by atoms with Crippen LogP contribution in [0.3, 0.4) is 0 Å². The molecule has 0 N–H and O–H groups in total. The first-order valence-electron chi connectivity index (χ1n) is 6.44. The third-order valence-electron chi connectivity index (χ3n) is 3.04. The number of rotatable bonds is 5. The third-order valence-corrected chi connectivity index (χ3v) is 3.04. The number of non-ortho nitro benzene ring substituents is 1. The quantitative estimate of drug-likeness (QED) is 0.355. The van der Waals surface area contributed by atoms with Crippen molar-refractivity contribution in [2.75, 3.05) is 18.1 Å². The number of amides is 1. The minimum Gasteiger partial charge on any atom is -0.463 e. The molecule has 1 aromatic rings. The number of fused-ring (bicyclic) bond motifs is 1. The summed E-state index contributed by atoms with van der Waals surface area (Å²) in [6.07, 6.45) is 2.93. The van der Waals surface area contributed by atoms with Crippen molar-refractivity contribution in [2.45, 2.75) is 13.3 Å². The average Bonchev–Trinajstić information content (AvgIpc) is 2.74. The zero-order valence-corrected chi connectivity index (χ0v) is 11.4. The van der Waals surface area contributed by atoms with E-state index in [4.69, 9.17) is 4.74 Å². The van der Waals surface area contributed by atoms with Gasteiger partial charge in [-0.25, -0.2) is 4.79 Å². The second kappa shape index (κ2) is 6.17. The van der Waals surface area contributed by atoms with E-state index in [-0.39, 0.29) is 31.2 Å². The summed E-state index contributed by atoms with van der Waals surface area (Å²) in [5.41, 5.74) is 1.23. The minimum absolute atomic E-state index is 0.0366. The Balaban J connectivity index is 2.12. The van der Waals surface area contributed by atoms with Gasteiger partial charge in [-0.15, -0.1) is 0 Å². The van der Waals surface area contributed by atoms with E-state index < -0.39 is 10.9 Å². The van der Waals surface area contributed by atoms with Crippen molar-refractivity contribution in [1.82, 2.24) is 0 Å². The molecule has 1 amide bonds. The molecule has 0 aliphatic carbocycles. The molecule has 7 heteroatoms. The Morgan fingerprint density at radius 1 is 1.52 bits per heavy atom. The van der Waals surface area contributed by atoms with Gasteiger partial charge in [-0.2, -0.15) is 0 Å². The standard InChI is InChI=1S/C14H14N2O5/c1-2-21-14(18)4-3-7-15-12-6-5-11(16(19)20)8-10(12)9-13(15)17/h3-6,8H,2,7,9H2,1H3/b4-3+. The summed E-state index contributed by atoms with van der Waals surface area (Å²) in [5.74, 6) is -0.618. The Morgan fingerprint density at radius 3 is 2.95 bits per heavy atom. The first-order valence-corrected chi connectivity index (χ1v) is 6.44. The molecular weight excluding hydrogens is 276 g/mol. The lowest BCUT2D eigenvalue weighted by atomic mass is 10.1. The number of ether oxygens (including phenoxy) is 1. The highest BCUT2D eigenvalue weighted by Gasteiger charge is 2.27. The molecule has 1 aliphatic rings. The summed E-state index contributed by atoms with van der Waals surface area (Å²) >= 11 is 0. The number of esters is 1. The van der Waals surface area contributed by atoms with Gasteiger partial charge in [0.1, 0.15) is 0 Å². The van der Waals surface area contributed by atoms with Crippen molar-refractivity contribution in [3.8, 4) is 0 Å². The highest BCUT2D eigenvalue weighted by Crippen LogP contribution is 2.31. The number of nitro groups is 1. The van der Waals surface area contributed by atoms with Crippen LogP contribution in [0.25, 0.3) is 0 Å². The molecule has 110 valence electrons. The van der Waals surface area contributed by atoms with E-state index in [1.165, 1.54) is 29.2 Å². The Hall–Kier alpha value is -2.70. The van der Waals surface area contributed by atoms with Gasteiger partial charge in [0.05, 0.1) is 18.0 Å². The van der Waals surface area contributed by atoms with Crippen LogP contribution in [0.1, 0.15) is 12.5 Å². The highest BCUT2D eigenvalue weighted by molar-refractivity contribution is 6.02. The Labute approximate surface area is 121 Å². The molecule has 1 aliphatic heterocycles. The Bertz CT molecular complexity index is 624. The van der Waals surface area contributed by atoms with Crippen LogP contribution in [0, 0.1) is 10.1 Å². The lowest BCUT2D eigenvalue weighted by molar-refractivity contribution is -0.384. The number of carbonyl (C=O) groups is 2. The second-order valence-corrected chi connectivity index (χ2v) is 4.41. The molecule has 1 heterocycles. The van der Waals surface area contributed by atoms with Gasteiger partial charge in [0.15, 0.2) is 0 Å². The number of carbonyl (C=O) groups excluding carboxylic acids is 2. The van der Waals surface area contributed by atoms with E-state index in [1.54, 1.807) is 13.0 Å². The zero-order valence-electron chi connectivity index (χ0n) is 11.4. The lowest BCUT2D eigenvalue weighted by Gasteiger charge is -2.14. The largest absolute Gasteiger partial charge is 0.463 e. The average molecular weight is 290 g/mol. The first kappa shape index (κ1) is 14.7. The smallest absolute Gasteiger partial charge is 0.330 e. The van der Waals surface area contributed by atoms with Crippen molar-refractivity contribution >= 4 is 23.3 Å². The summed E-state index contributed by atoms with van der Waals surface area (Å²) in [4.78, 5) is 34.8. The summed E-state index contributed by atoms with van der Waals surface area (Å²) in [7, 11) is 0. The normalized spacial score (nSPS) is 13.6. The third kappa shape index (κ3) is 3.25. The summed E-state index contributed by atoms with van der Waals surface area (Å²) in [6.45, 7) is 2.22. The number of benzene rings is 1. The fraction of sp³-hybridized carbons (Fsp3) is 0.286. The van der Waals surface area contributed by atoms with Crippen LogP contribution in [0.15, 0.2) is 30.4 Å². The SMILES string of the molecule is CCOC(=O)/C=C/CN1C(=O)Cc2cc([N+](=O)[O-])ccc21. The van der Waals surface area contributed by atoms with E-state index in [9.17, 15) is 19.7 Å². The number of nitrogens with zero attached hydrogens (tertiary/aromatic N) is 2. The lowest BCUT2D eigenvalue weighted by Crippen LogP contribution is -2.26. The molecule has 0 saturated heterocycles. The number of hydrogen-bond acceptors (Lipinski definition) is 5. The van der Waals surface area contributed by atoms with E-state index in [0.717, 1.165) is 0 Å².